The quantitative estimate of drug-likeness (QED) is 0.434. The summed E-state index contributed by atoms with van der Waals surface area (Å²) in [5, 5.41) is 7.03. The van der Waals surface area contributed by atoms with Crippen molar-refractivity contribution in [2.24, 2.45) is 4.99 Å². The minimum absolute atomic E-state index is 0.448. The molecule has 6 nitrogen and oxygen atoms in total. The van der Waals surface area contributed by atoms with Gasteiger partial charge in [-0.2, -0.15) is 0 Å². The van der Waals surface area contributed by atoms with E-state index >= 15 is 0 Å². The highest BCUT2D eigenvalue weighted by molar-refractivity contribution is 5.80. The molecule has 0 bridgehead atoms. The lowest BCUT2D eigenvalue weighted by Crippen LogP contribution is -2.44. The summed E-state index contributed by atoms with van der Waals surface area (Å²) in [6, 6.07) is 9.28. The van der Waals surface area contributed by atoms with E-state index in [1.807, 2.05) is 0 Å². The summed E-state index contributed by atoms with van der Waals surface area (Å²) in [7, 11) is 0. The largest absolute Gasteiger partial charge is 0.379 e. The van der Waals surface area contributed by atoms with Crippen molar-refractivity contribution in [3.05, 3.63) is 29.8 Å². The number of guanidine groups is 1. The summed E-state index contributed by atoms with van der Waals surface area (Å²) in [5.41, 5.74) is 2.63. The van der Waals surface area contributed by atoms with Crippen molar-refractivity contribution in [2.45, 2.75) is 32.7 Å². The van der Waals surface area contributed by atoms with Crippen LogP contribution in [0.25, 0.3) is 0 Å². The van der Waals surface area contributed by atoms with Crippen LogP contribution in [0.2, 0.25) is 0 Å². The van der Waals surface area contributed by atoms with Gasteiger partial charge in [0, 0.05) is 57.5 Å². The van der Waals surface area contributed by atoms with E-state index < -0.39 is 0 Å². The Balaban J connectivity index is 1.43. The van der Waals surface area contributed by atoms with Crippen LogP contribution in [0.5, 0.6) is 0 Å². The molecule has 1 aromatic rings. The third-order valence-electron chi connectivity index (χ3n) is 5.28. The van der Waals surface area contributed by atoms with Gasteiger partial charge in [0.15, 0.2) is 5.96 Å². The molecule has 0 amide bonds. The first kappa shape index (κ1) is 20.0. The fraction of sp³-hybridized carbons (Fsp3) is 0.667. The van der Waals surface area contributed by atoms with E-state index in [1.165, 1.54) is 11.3 Å². The highest BCUT2D eigenvalue weighted by Crippen LogP contribution is 2.20. The van der Waals surface area contributed by atoms with Crippen molar-refractivity contribution in [1.82, 2.24) is 15.5 Å². The molecule has 2 aliphatic heterocycles. The van der Waals surface area contributed by atoms with Gasteiger partial charge in [-0.05, 0) is 38.8 Å². The van der Waals surface area contributed by atoms with Gasteiger partial charge in [-0.1, -0.05) is 17.7 Å². The van der Waals surface area contributed by atoms with Crippen LogP contribution in [0.1, 0.15) is 25.3 Å². The molecule has 150 valence electrons. The lowest BCUT2D eigenvalue weighted by molar-refractivity contribution is 0.0377. The number of hydrogen-bond acceptors (Lipinski definition) is 4. The zero-order chi connectivity index (χ0) is 18.9. The van der Waals surface area contributed by atoms with Crippen LogP contribution in [0.15, 0.2) is 29.3 Å². The van der Waals surface area contributed by atoms with E-state index in [0.29, 0.717) is 6.04 Å². The monoisotopic (exact) mass is 373 g/mol. The van der Waals surface area contributed by atoms with E-state index in [1.54, 1.807) is 0 Å². The van der Waals surface area contributed by atoms with Crippen LogP contribution in [-0.2, 0) is 4.74 Å². The summed E-state index contributed by atoms with van der Waals surface area (Å²) in [4.78, 5) is 9.71. The smallest absolute Gasteiger partial charge is 0.191 e. The molecule has 6 heteroatoms. The summed E-state index contributed by atoms with van der Waals surface area (Å²) in [6.45, 7) is 13.1. The molecule has 0 radical (unpaired) electrons. The molecule has 2 N–H and O–H groups in total. The number of benzene rings is 1. The standard InChI is InChI=1S/C21H35N5O/c1-3-22-21(23-10-4-11-25-13-15-27-16-14-25)24-19-9-12-26(17-19)20-7-5-18(2)6-8-20/h5-8,19H,3-4,9-17H2,1-2H3,(H2,22,23,24). The van der Waals surface area contributed by atoms with Gasteiger partial charge in [-0.3, -0.25) is 9.89 Å². The van der Waals surface area contributed by atoms with Crippen LogP contribution in [-0.4, -0.2) is 75.9 Å². The maximum atomic E-state index is 5.40. The summed E-state index contributed by atoms with van der Waals surface area (Å²) >= 11 is 0. The molecule has 1 unspecified atom stereocenters. The van der Waals surface area contributed by atoms with Gasteiger partial charge in [-0.15, -0.1) is 0 Å². The van der Waals surface area contributed by atoms with Crippen molar-refractivity contribution in [3.8, 4) is 0 Å². The lowest BCUT2D eigenvalue weighted by atomic mass is 10.2. The van der Waals surface area contributed by atoms with Crippen LogP contribution in [0, 0.1) is 6.92 Å². The van der Waals surface area contributed by atoms with Crippen LogP contribution >= 0.6 is 0 Å². The maximum Gasteiger partial charge on any atom is 0.191 e. The van der Waals surface area contributed by atoms with Gasteiger partial charge in [0.1, 0.15) is 0 Å². The zero-order valence-electron chi connectivity index (χ0n) is 16.9. The molecule has 1 atom stereocenters. The molecule has 3 rings (SSSR count). The summed E-state index contributed by atoms with van der Waals surface area (Å²) in [6.07, 6.45) is 2.24. The van der Waals surface area contributed by atoms with E-state index in [2.05, 4.69) is 58.5 Å². The molecule has 2 fully saturated rings. The molecule has 1 aromatic carbocycles. The molecule has 0 saturated carbocycles. The number of anilines is 1. The van der Waals surface area contributed by atoms with E-state index in [9.17, 15) is 0 Å². The first-order valence-corrected chi connectivity index (χ1v) is 10.4. The number of aliphatic imine (C=N–C) groups is 1. The third-order valence-corrected chi connectivity index (χ3v) is 5.28. The van der Waals surface area contributed by atoms with Crippen molar-refractivity contribution in [1.29, 1.82) is 0 Å². The number of nitrogens with zero attached hydrogens (tertiary/aromatic N) is 3. The molecule has 0 spiro atoms. The van der Waals surface area contributed by atoms with Crippen molar-refractivity contribution in [3.63, 3.8) is 0 Å². The zero-order valence-corrected chi connectivity index (χ0v) is 16.9. The predicted octanol–water partition coefficient (Wildman–Crippen LogP) is 1.85. The second-order valence-corrected chi connectivity index (χ2v) is 7.48. The third kappa shape index (κ3) is 6.40. The number of ether oxygens (including phenoxy) is 1. The van der Waals surface area contributed by atoms with Crippen LogP contribution in [0.3, 0.4) is 0 Å². The van der Waals surface area contributed by atoms with Gasteiger partial charge in [0.05, 0.1) is 13.2 Å². The Hall–Kier alpha value is -1.79. The highest BCUT2D eigenvalue weighted by atomic mass is 16.5. The van der Waals surface area contributed by atoms with Gasteiger partial charge < -0.3 is 20.3 Å². The number of aryl methyl sites for hydroxylation is 1. The second-order valence-electron chi connectivity index (χ2n) is 7.48. The Kier molecular flexibility index (Phi) is 7.78. The minimum atomic E-state index is 0.448. The van der Waals surface area contributed by atoms with E-state index in [4.69, 9.17) is 9.73 Å². The van der Waals surface area contributed by atoms with Crippen LogP contribution in [0.4, 0.5) is 5.69 Å². The molecule has 0 aromatic heterocycles. The van der Waals surface area contributed by atoms with E-state index in [0.717, 1.165) is 77.8 Å². The SMILES string of the molecule is CCNC(=NCCCN1CCOCC1)NC1CCN(c2ccc(C)cc2)C1. The van der Waals surface area contributed by atoms with E-state index in [-0.39, 0.29) is 0 Å². The van der Waals surface area contributed by atoms with Crippen molar-refractivity contribution < 1.29 is 4.74 Å². The Bertz CT molecular complexity index is 583. The first-order valence-electron chi connectivity index (χ1n) is 10.4. The summed E-state index contributed by atoms with van der Waals surface area (Å²) < 4.78 is 5.40. The number of hydrogen-bond donors (Lipinski definition) is 2. The Morgan fingerprint density at radius 1 is 1.19 bits per heavy atom. The van der Waals surface area contributed by atoms with Gasteiger partial charge in [-0.25, -0.2) is 0 Å². The second kappa shape index (κ2) is 10.5. The fourth-order valence-corrected chi connectivity index (χ4v) is 3.69. The molecular formula is C21H35N5O. The highest BCUT2D eigenvalue weighted by Gasteiger charge is 2.23. The number of nitrogens with one attached hydrogen (secondary N) is 2. The summed E-state index contributed by atoms with van der Waals surface area (Å²) in [5.74, 6) is 0.954. The number of rotatable bonds is 7. The first-order chi connectivity index (χ1) is 13.2. The number of morpholine rings is 1. The average molecular weight is 374 g/mol. The maximum absolute atomic E-state index is 5.40. The molecular weight excluding hydrogens is 338 g/mol. The molecule has 0 aliphatic carbocycles. The normalized spacial score (nSPS) is 21.5. The molecule has 2 saturated heterocycles. The Morgan fingerprint density at radius 3 is 2.70 bits per heavy atom. The van der Waals surface area contributed by atoms with Crippen LogP contribution < -0.4 is 15.5 Å². The van der Waals surface area contributed by atoms with Gasteiger partial charge in [0.25, 0.3) is 0 Å². The lowest BCUT2D eigenvalue weighted by Gasteiger charge is -2.26. The van der Waals surface area contributed by atoms with Crippen molar-refractivity contribution >= 4 is 11.6 Å². The molecule has 2 heterocycles. The predicted molar refractivity (Wildman–Crippen MR) is 113 cm³/mol. The topological polar surface area (TPSA) is 52.1 Å². The average Bonchev–Trinajstić information content (AvgIpc) is 3.15. The Labute approximate surface area is 164 Å². The fourth-order valence-electron chi connectivity index (χ4n) is 3.69. The van der Waals surface area contributed by atoms with Gasteiger partial charge in [0.2, 0.25) is 0 Å². The minimum Gasteiger partial charge on any atom is -0.379 e. The molecule has 2 aliphatic rings. The molecule has 27 heavy (non-hydrogen) atoms. The van der Waals surface area contributed by atoms with Gasteiger partial charge >= 0.3 is 0 Å². The van der Waals surface area contributed by atoms with Crippen molar-refractivity contribution in [2.75, 3.05) is 63.9 Å². The Morgan fingerprint density at radius 2 is 1.96 bits per heavy atom.